The fourth-order valence-electron chi connectivity index (χ4n) is 2.14. The van der Waals surface area contributed by atoms with Crippen LogP contribution in [0.25, 0.3) is 0 Å². The number of carbonyl (C=O) groups is 2. The molecule has 0 spiro atoms. The van der Waals surface area contributed by atoms with Crippen molar-refractivity contribution >= 4 is 39.1 Å². The van der Waals surface area contributed by atoms with Crippen molar-refractivity contribution in [1.29, 1.82) is 0 Å². The monoisotopic (exact) mass is 360 g/mol. The highest BCUT2D eigenvalue weighted by Crippen LogP contribution is 2.29. The van der Waals surface area contributed by atoms with Crippen LogP contribution in [0.4, 0.5) is 11.4 Å². The lowest BCUT2D eigenvalue weighted by Crippen LogP contribution is -2.45. The highest BCUT2D eigenvalue weighted by molar-refractivity contribution is 9.10. The first kappa shape index (κ1) is 14.6. The van der Waals surface area contributed by atoms with Gasteiger partial charge in [-0.1, -0.05) is 18.2 Å². The van der Waals surface area contributed by atoms with Crippen LogP contribution < -0.4 is 15.4 Å². The normalized spacial score (nSPS) is 16.3. The van der Waals surface area contributed by atoms with Crippen LogP contribution in [0.3, 0.4) is 0 Å². The zero-order chi connectivity index (χ0) is 15.7. The smallest absolute Gasteiger partial charge is 0.275 e. The molecule has 0 unspecified atom stereocenters. The molecule has 22 heavy (non-hydrogen) atoms. The molecular formula is C16H13BrN2O3. The number of ether oxygens (including phenoxy) is 1. The molecule has 5 nitrogen and oxygen atoms in total. The molecule has 112 valence electrons. The SMILES string of the molecule is Cc1ccc(NC(=O)[C@@H]2Oc3ccccc3NC2=O)c(Br)c1. The van der Waals surface area contributed by atoms with Gasteiger partial charge in [-0.15, -0.1) is 0 Å². The van der Waals surface area contributed by atoms with E-state index in [0.717, 1.165) is 10.0 Å². The van der Waals surface area contributed by atoms with Gasteiger partial charge in [-0.3, -0.25) is 9.59 Å². The van der Waals surface area contributed by atoms with Crippen molar-refractivity contribution in [1.82, 2.24) is 0 Å². The van der Waals surface area contributed by atoms with Crippen LogP contribution in [-0.2, 0) is 9.59 Å². The lowest BCUT2D eigenvalue weighted by molar-refractivity contribution is -0.133. The Labute approximate surface area is 135 Å². The average molecular weight is 361 g/mol. The van der Waals surface area contributed by atoms with Crippen molar-refractivity contribution in [2.45, 2.75) is 13.0 Å². The highest BCUT2D eigenvalue weighted by Gasteiger charge is 2.34. The number of para-hydroxylation sites is 2. The van der Waals surface area contributed by atoms with Crippen molar-refractivity contribution in [2.75, 3.05) is 10.6 Å². The summed E-state index contributed by atoms with van der Waals surface area (Å²) in [5.41, 5.74) is 2.21. The number of nitrogens with one attached hydrogen (secondary N) is 2. The Hall–Kier alpha value is -2.34. The Morgan fingerprint density at radius 1 is 1.27 bits per heavy atom. The van der Waals surface area contributed by atoms with E-state index in [1.165, 1.54) is 0 Å². The first-order valence-corrected chi connectivity index (χ1v) is 7.47. The van der Waals surface area contributed by atoms with Gasteiger partial charge in [0.25, 0.3) is 17.9 Å². The Kier molecular flexibility index (Phi) is 3.85. The number of hydrogen-bond donors (Lipinski definition) is 2. The Balaban J connectivity index is 1.79. The number of anilines is 2. The number of amides is 2. The third kappa shape index (κ3) is 2.82. The summed E-state index contributed by atoms with van der Waals surface area (Å²) in [6.45, 7) is 1.95. The molecule has 0 bridgehead atoms. The van der Waals surface area contributed by atoms with Crippen molar-refractivity contribution in [2.24, 2.45) is 0 Å². The van der Waals surface area contributed by atoms with E-state index < -0.39 is 17.9 Å². The molecule has 0 radical (unpaired) electrons. The summed E-state index contributed by atoms with van der Waals surface area (Å²) >= 11 is 3.38. The summed E-state index contributed by atoms with van der Waals surface area (Å²) in [7, 11) is 0. The number of rotatable bonds is 2. The number of halogens is 1. The minimum absolute atomic E-state index is 0.477. The van der Waals surface area contributed by atoms with E-state index in [-0.39, 0.29) is 0 Å². The maximum atomic E-state index is 12.3. The quantitative estimate of drug-likeness (QED) is 0.808. The molecule has 2 aromatic carbocycles. The maximum Gasteiger partial charge on any atom is 0.275 e. The molecule has 2 N–H and O–H groups in total. The summed E-state index contributed by atoms with van der Waals surface area (Å²) < 4.78 is 6.25. The lowest BCUT2D eigenvalue weighted by atomic mass is 10.2. The third-order valence-electron chi connectivity index (χ3n) is 3.25. The lowest BCUT2D eigenvalue weighted by Gasteiger charge is -2.25. The first-order valence-electron chi connectivity index (χ1n) is 6.68. The van der Waals surface area contributed by atoms with Crippen molar-refractivity contribution < 1.29 is 14.3 Å². The molecule has 1 atom stereocenters. The van der Waals surface area contributed by atoms with E-state index in [4.69, 9.17) is 4.74 Å². The second-order valence-corrected chi connectivity index (χ2v) is 5.81. The van der Waals surface area contributed by atoms with E-state index >= 15 is 0 Å². The molecule has 0 saturated carbocycles. The minimum Gasteiger partial charge on any atom is -0.468 e. The molecule has 1 aliphatic heterocycles. The van der Waals surface area contributed by atoms with Gasteiger partial charge in [-0.2, -0.15) is 0 Å². The molecule has 2 amide bonds. The van der Waals surface area contributed by atoms with Crippen molar-refractivity contribution in [3.8, 4) is 5.75 Å². The van der Waals surface area contributed by atoms with Crippen LogP contribution in [0.5, 0.6) is 5.75 Å². The fraction of sp³-hybridized carbons (Fsp3) is 0.125. The molecule has 3 rings (SSSR count). The topological polar surface area (TPSA) is 67.4 Å². The molecule has 0 aromatic heterocycles. The molecule has 1 aliphatic rings. The van der Waals surface area contributed by atoms with Crippen LogP contribution >= 0.6 is 15.9 Å². The van der Waals surface area contributed by atoms with Crippen LogP contribution in [0.15, 0.2) is 46.9 Å². The number of aryl methyl sites for hydroxylation is 1. The number of carbonyl (C=O) groups excluding carboxylic acids is 2. The summed E-state index contributed by atoms with van der Waals surface area (Å²) in [6, 6.07) is 12.5. The fourth-order valence-corrected chi connectivity index (χ4v) is 2.74. The molecule has 0 aliphatic carbocycles. The molecule has 1 heterocycles. The molecule has 2 aromatic rings. The number of benzene rings is 2. The van der Waals surface area contributed by atoms with Gasteiger partial charge in [0.2, 0.25) is 0 Å². The number of fused-ring (bicyclic) bond motifs is 1. The molecule has 6 heteroatoms. The zero-order valence-electron chi connectivity index (χ0n) is 11.7. The average Bonchev–Trinajstić information content (AvgIpc) is 2.49. The van der Waals surface area contributed by atoms with E-state index in [2.05, 4.69) is 26.6 Å². The summed E-state index contributed by atoms with van der Waals surface area (Å²) in [5, 5.41) is 5.36. The van der Waals surface area contributed by atoms with Gasteiger partial charge in [-0.05, 0) is 52.7 Å². The van der Waals surface area contributed by atoms with Gasteiger partial charge in [0.1, 0.15) is 5.75 Å². The largest absolute Gasteiger partial charge is 0.468 e. The minimum atomic E-state index is -1.22. The second-order valence-electron chi connectivity index (χ2n) is 4.96. The Morgan fingerprint density at radius 2 is 2.05 bits per heavy atom. The van der Waals surface area contributed by atoms with Crippen LogP contribution in [0.2, 0.25) is 0 Å². The van der Waals surface area contributed by atoms with Gasteiger partial charge >= 0.3 is 0 Å². The summed E-state index contributed by atoms with van der Waals surface area (Å²) in [5.74, 6) is -0.527. The predicted octanol–water partition coefficient (Wildman–Crippen LogP) is 3.10. The zero-order valence-corrected chi connectivity index (χ0v) is 13.3. The Morgan fingerprint density at radius 3 is 2.82 bits per heavy atom. The van der Waals surface area contributed by atoms with Crippen LogP contribution in [0.1, 0.15) is 5.56 Å². The number of hydrogen-bond acceptors (Lipinski definition) is 3. The summed E-state index contributed by atoms with van der Waals surface area (Å²) in [6.07, 6.45) is -1.22. The van der Waals surface area contributed by atoms with E-state index in [1.807, 2.05) is 19.1 Å². The predicted molar refractivity (Wildman–Crippen MR) is 87.0 cm³/mol. The van der Waals surface area contributed by atoms with Gasteiger partial charge in [0, 0.05) is 4.47 Å². The van der Waals surface area contributed by atoms with Gasteiger partial charge in [0.05, 0.1) is 11.4 Å². The first-order chi connectivity index (χ1) is 10.5. The van der Waals surface area contributed by atoms with Gasteiger partial charge in [0.15, 0.2) is 0 Å². The molecule has 0 fully saturated rings. The van der Waals surface area contributed by atoms with Crippen LogP contribution in [-0.4, -0.2) is 17.9 Å². The highest BCUT2D eigenvalue weighted by atomic mass is 79.9. The van der Waals surface area contributed by atoms with E-state index in [9.17, 15) is 9.59 Å². The standard InChI is InChI=1S/C16H13BrN2O3/c1-9-6-7-11(10(17)8-9)18-15(20)14-16(21)19-12-4-2-3-5-13(12)22-14/h2-8,14H,1H3,(H,18,20)(H,19,21)/t14-/m0/s1. The third-order valence-corrected chi connectivity index (χ3v) is 3.90. The Bertz CT molecular complexity index is 761. The molecule has 0 saturated heterocycles. The maximum absolute atomic E-state index is 12.3. The van der Waals surface area contributed by atoms with Crippen molar-refractivity contribution in [3.63, 3.8) is 0 Å². The molecular weight excluding hydrogens is 348 g/mol. The second kappa shape index (κ2) is 5.81. The van der Waals surface area contributed by atoms with Crippen molar-refractivity contribution in [3.05, 3.63) is 52.5 Å². The van der Waals surface area contributed by atoms with Crippen LogP contribution in [0, 0.1) is 6.92 Å². The van der Waals surface area contributed by atoms with Gasteiger partial charge in [-0.25, -0.2) is 0 Å². The van der Waals surface area contributed by atoms with Gasteiger partial charge < -0.3 is 15.4 Å². The summed E-state index contributed by atoms with van der Waals surface area (Å²) in [4.78, 5) is 24.3. The van der Waals surface area contributed by atoms with E-state index in [1.54, 1.807) is 30.3 Å². The van der Waals surface area contributed by atoms with E-state index in [0.29, 0.717) is 17.1 Å².